The summed E-state index contributed by atoms with van der Waals surface area (Å²) < 4.78 is 5.16. The van der Waals surface area contributed by atoms with Gasteiger partial charge in [-0.05, 0) is 61.8 Å². The van der Waals surface area contributed by atoms with Crippen molar-refractivity contribution in [3.05, 3.63) is 30.1 Å². The lowest BCUT2D eigenvalue weighted by Gasteiger charge is -2.43. The molecule has 0 saturated heterocycles. The summed E-state index contributed by atoms with van der Waals surface area (Å²) in [7, 11) is 1.63. The maximum absolute atomic E-state index is 12.6. The first-order valence-electron chi connectivity index (χ1n) is 9.73. The molecule has 2 aliphatic rings. The molecular formula is C20H28ClN5O2. The van der Waals surface area contributed by atoms with E-state index in [2.05, 4.69) is 20.5 Å². The topological polar surface area (TPSA) is 106 Å². The summed E-state index contributed by atoms with van der Waals surface area (Å²) in [4.78, 5) is 17.1. The summed E-state index contributed by atoms with van der Waals surface area (Å²) in [6, 6.07) is 7.85. The van der Waals surface area contributed by atoms with Gasteiger partial charge in [0.2, 0.25) is 5.91 Å². The van der Waals surface area contributed by atoms with Crippen molar-refractivity contribution in [3.63, 3.8) is 0 Å². The minimum absolute atomic E-state index is 0. The highest BCUT2D eigenvalue weighted by molar-refractivity contribution is 5.85. The Morgan fingerprint density at radius 1 is 1.25 bits per heavy atom. The molecule has 2 fully saturated rings. The molecule has 2 saturated carbocycles. The first-order valence-corrected chi connectivity index (χ1v) is 9.73. The molecule has 4 N–H and O–H groups in total. The number of ether oxygens (including phenoxy) is 1. The molecule has 7 nitrogen and oxygen atoms in total. The Hall–Kier alpha value is -2.12. The van der Waals surface area contributed by atoms with Gasteiger partial charge in [-0.2, -0.15) is 5.10 Å². The molecule has 0 radical (unpaired) electrons. The Morgan fingerprint density at radius 3 is 2.57 bits per heavy atom. The minimum Gasteiger partial charge on any atom is -0.497 e. The van der Waals surface area contributed by atoms with Crippen molar-refractivity contribution in [1.29, 1.82) is 0 Å². The Labute approximate surface area is 171 Å². The van der Waals surface area contributed by atoms with Gasteiger partial charge in [0.15, 0.2) is 5.82 Å². The predicted octanol–water partition coefficient (Wildman–Crippen LogP) is 2.67. The van der Waals surface area contributed by atoms with Crippen LogP contribution in [0.3, 0.4) is 0 Å². The van der Waals surface area contributed by atoms with Gasteiger partial charge in [0, 0.05) is 17.5 Å². The zero-order valence-corrected chi connectivity index (χ0v) is 16.9. The molecule has 1 aromatic heterocycles. The number of nitrogens with zero attached hydrogens (tertiary/aromatic N) is 2. The van der Waals surface area contributed by atoms with E-state index in [0.29, 0.717) is 30.0 Å². The number of aromatic amines is 1. The summed E-state index contributed by atoms with van der Waals surface area (Å²) in [6.07, 6.45) is 5.40. The molecule has 152 valence electrons. The zero-order chi connectivity index (χ0) is 18.8. The standard InChI is InChI=1S/C20H27N5O2.ClH/c1-27-16-7-5-12(6-8-16)19-23-17(24-25-19)11-22-20(26)15-9-13-3-2-4-14(10-15)18(13)21;/h5-8,13-15,18H,2-4,9-11,21H2,1H3,(H,22,26)(H,23,24,25);1H. The van der Waals surface area contributed by atoms with Gasteiger partial charge < -0.3 is 15.8 Å². The number of amides is 1. The number of methoxy groups -OCH3 is 1. The average molecular weight is 406 g/mol. The molecule has 4 rings (SSSR count). The van der Waals surface area contributed by atoms with Crippen LogP contribution < -0.4 is 15.8 Å². The third kappa shape index (κ3) is 4.31. The summed E-state index contributed by atoms with van der Waals surface area (Å²) in [5, 5.41) is 10.2. The maximum Gasteiger partial charge on any atom is 0.223 e. The summed E-state index contributed by atoms with van der Waals surface area (Å²) in [5.41, 5.74) is 7.23. The minimum atomic E-state index is 0. The van der Waals surface area contributed by atoms with Crippen molar-refractivity contribution in [2.75, 3.05) is 7.11 Å². The smallest absolute Gasteiger partial charge is 0.223 e. The molecule has 2 aliphatic carbocycles. The van der Waals surface area contributed by atoms with Crippen LogP contribution >= 0.6 is 12.4 Å². The van der Waals surface area contributed by atoms with E-state index in [1.807, 2.05) is 24.3 Å². The molecule has 1 heterocycles. The molecule has 1 aromatic carbocycles. The lowest BCUT2D eigenvalue weighted by Crippen LogP contribution is -2.49. The lowest BCUT2D eigenvalue weighted by molar-refractivity contribution is -0.128. The van der Waals surface area contributed by atoms with E-state index in [9.17, 15) is 4.79 Å². The number of aromatic nitrogens is 3. The molecule has 2 bridgehead atoms. The van der Waals surface area contributed by atoms with Crippen LogP contribution in [0.5, 0.6) is 5.75 Å². The number of halogens is 1. The first kappa shape index (κ1) is 20.6. The monoisotopic (exact) mass is 405 g/mol. The second-order valence-corrected chi connectivity index (χ2v) is 7.75. The van der Waals surface area contributed by atoms with Gasteiger partial charge >= 0.3 is 0 Å². The first-order chi connectivity index (χ1) is 13.1. The normalized spacial score (nSPS) is 26.2. The number of H-pyrrole nitrogens is 1. The SMILES string of the molecule is COc1ccc(-c2n[nH]c(CNC(=O)C3CC4CCCC(C3)C4N)n2)cc1.Cl. The molecule has 0 aliphatic heterocycles. The van der Waals surface area contributed by atoms with Crippen LogP contribution in [0.15, 0.2) is 24.3 Å². The number of nitrogens with one attached hydrogen (secondary N) is 2. The number of fused-ring (bicyclic) bond motifs is 2. The van der Waals surface area contributed by atoms with Crippen LogP contribution in [0, 0.1) is 17.8 Å². The fourth-order valence-electron chi connectivity index (χ4n) is 4.56. The van der Waals surface area contributed by atoms with E-state index in [1.54, 1.807) is 7.11 Å². The van der Waals surface area contributed by atoms with Crippen molar-refractivity contribution >= 4 is 18.3 Å². The number of carbonyl (C=O) groups excluding carboxylic acids is 1. The van der Waals surface area contributed by atoms with E-state index in [-0.39, 0.29) is 30.3 Å². The van der Waals surface area contributed by atoms with E-state index < -0.39 is 0 Å². The molecule has 0 spiro atoms. The largest absolute Gasteiger partial charge is 0.497 e. The van der Waals surface area contributed by atoms with Crippen molar-refractivity contribution < 1.29 is 9.53 Å². The molecule has 8 heteroatoms. The van der Waals surface area contributed by atoms with Crippen LogP contribution in [0.25, 0.3) is 11.4 Å². The molecule has 2 atom stereocenters. The van der Waals surface area contributed by atoms with Crippen molar-refractivity contribution in [2.24, 2.45) is 23.5 Å². The van der Waals surface area contributed by atoms with Gasteiger partial charge in [0.1, 0.15) is 11.6 Å². The van der Waals surface area contributed by atoms with Gasteiger partial charge in [-0.3, -0.25) is 9.89 Å². The zero-order valence-electron chi connectivity index (χ0n) is 16.1. The molecular weight excluding hydrogens is 378 g/mol. The van der Waals surface area contributed by atoms with Crippen LogP contribution in [-0.2, 0) is 11.3 Å². The van der Waals surface area contributed by atoms with Crippen LogP contribution in [0.1, 0.15) is 37.9 Å². The molecule has 28 heavy (non-hydrogen) atoms. The summed E-state index contributed by atoms with van der Waals surface area (Å²) in [6.45, 7) is 0.361. The van der Waals surface area contributed by atoms with Crippen molar-refractivity contribution in [3.8, 4) is 17.1 Å². The number of hydrogen-bond acceptors (Lipinski definition) is 5. The number of rotatable bonds is 5. The Balaban J connectivity index is 0.00000225. The second-order valence-electron chi connectivity index (χ2n) is 7.75. The van der Waals surface area contributed by atoms with Gasteiger partial charge in [0.25, 0.3) is 0 Å². The van der Waals surface area contributed by atoms with Crippen LogP contribution in [0.2, 0.25) is 0 Å². The number of nitrogens with two attached hydrogens (primary N) is 1. The third-order valence-electron chi connectivity index (χ3n) is 6.09. The maximum atomic E-state index is 12.6. The van der Waals surface area contributed by atoms with Crippen LogP contribution in [0.4, 0.5) is 0 Å². The van der Waals surface area contributed by atoms with E-state index in [4.69, 9.17) is 10.5 Å². The highest BCUT2D eigenvalue weighted by Crippen LogP contribution is 2.41. The Kier molecular flexibility index (Phi) is 6.57. The molecule has 2 aromatic rings. The summed E-state index contributed by atoms with van der Waals surface area (Å²) >= 11 is 0. The molecule has 1 amide bonds. The predicted molar refractivity (Wildman–Crippen MR) is 109 cm³/mol. The fraction of sp³-hybridized carbons (Fsp3) is 0.550. The number of benzene rings is 1. The number of carbonyl (C=O) groups is 1. The van der Waals surface area contributed by atoms with Crippen LogP contribution in [-0.4, -0.2) is 34.2 Å². The van der Waals surface area contributed by atoms with Gasteiger partial charge in [0.05, 0.1) is 13.7 Å². The Bertz CT molecular complexity index is 780. The van der Waals surface area contributed by atoms with Gasteiger partial charge in [-0.25, -0.2) is 4.98 Å². The van der Waals surface area contributed by atoms with E-state index in [0.717, 1.165) is 37.0 Å². The van der Waals surface area contributed by atoms with Crippen molar-refractivity contribution in [2.45, 2.75) is 44.7 Å². The van der Waals surface area contributed by atoms with E-state index in [1.165, 1.54) is 6.42 Å². The number of hydrogen-bond donors (Lipinski definition) is 3. The lowest BCUT2D eigenvalue weighted by atomic mass is 9.65. The average Bonchev–Trinajstić information content (AvgIpc) is 3.15. The fourth-order valence-corrected chi connectivity index (χ4v) is 4.56. The highest BCUT2D eigenvalue weighted by Gasteiger charge is 2.40. The second kappa shape index (κ2) is 8.92. The summed E-state index contributed by atoms with van der Waals surface area (Å²) in [5.74, 6) is 3.24. The van der Waals surface area contributed by atoms with Gasteiger partial charge in [-0.1, -0.05) is 6.42 Å². The Morgan fingerprint density at radius 2 is 1.93 bits per heavy atom. The quantitative estimate of drug-likeness (QED) is 0.709. The molecule has 2 unspecified atom stereocenters. The van der Waals surface area contributed by atoms with Gasteiger partial charge in [-0.15, -0.1) is 12.4 Å². The van der Waals surface area contributed by atoms with Crippen molar-refractivity contribution in [1.82, 2.24) is 20.5 Å². The van der Waals surface area contributed by atoms with E-state index >= 15 is 0 Å². The third-order valence-corrected chi connectivity index (χ3v) is 6.09. The highest BCUT2D eigenvalue weighted by atomic mass is 35.5.